The second-order valence-corrected chi connectivity index (χ2v) is 8.14. The summed E-state index contributed by atoms with van der Waals surface area (Å²) in [7, 11) is 0. The lowest BCUT2D eigenvalue weighted by molar-refractivity contribution is -0.333. The number of rotatable bonds is 6. The minimum atomic E-state index is -0.230. The molecule has 0 bridgehead atoms. The summed E-state index contributed by atoms with van der Waals surface area (Å²) in [6.07, 6.45) is 0. The number of carbonyl (C=O) groups excluding carboxylic acids is 1. The van der Waals surface area contributed by atoms with Crippen molar-refractivity contribution in [1.82, 2.24) is 0 Å². The fraction of sp³-hybridized carbons (Fsp3) is 0.120. The normalized spacial score (nSPS) is 10.9. The number of hydrogen-bond acceptors (Lipinski definition) is 3. The van der Waals surface area contributed by atoms with Crippen LogP contribution in [0.5, 0.6) is 0 Å². The number of ether oxygens (including phenoxy) is 1. The van der Waals surface area contributed by atoms with Gasteiger partial charge in [-0.2, -0.15) is 0 Å². The van der Waals surface area contributed by atoms with Gasteiger partial charge < -0.3 is 4.74 Å². The highest BCUT2D eigenvalue weighted by Gasteiger charge is 2.24. The highest BCUT2D eigenvalue weighted by Crippen LogP contribution is 2.41. The predicted octanol–water partition coefficient (Wildman–Crippen LogP) is 6.30. The summed E-state index contributed by atoms with van der Waals surface area (Å²) in [6, 6.07) is 26.2. The quantitative estimate of drug-likeness (QED) is 0.264. The molecule has 0 saturated carbocycles. The maximum absolute atomic E-state index is 12.2. The molecule has 1 heterocycles. The Kier molecular flexibility index (Phi) is 6.36. The molecule has 0 aliphatic carbocycles. The Labute approximate surface area is 185 Å². The predicted molar refractivity (Wildman–Crippen MR) is 124 cm³/mol. The molecule has 0 aliphatic rings. The number of aromatic amines is 1. The molecule has 4 aromatic rings. The summed E-state index contributed by atoms with van der Waals surface area (Å²) in [5.41, 5.74) is 5.14. The summed E-state index contributed by atoms with van der Waals surface area (Å²) < 4.78 is 5.17. The van der Waals surface area contributed by atoms with Crippen LogP contribution in [0, 0.1) is 0 Å². The molecule has 4 rings (SSSR count). The molecule has 1 aromatic heterocycles. The first-order chi connectivity index (χ1) is 14.7. The van der Waals surface area contributed by atoms with E-state index in [0.29, 0.717) is 11.6 Å². The third-order valence-electron chi connectivity index (χ3n) is 4.73. The summed E-state index contributed by atoms with van der Waals surface area (Å²) >= 11 is 7.84. The number of aromatic nitrogens is 1. The third-order valence-corrected chi connectivity index (χ3v) is 6.04. The molecule has 0 saturated heterocycles. The van der Waals surface area contributed by atoms with Crippen LogP contribution in [0.15, 0.2) is 83.8 Å². The van der Waals surface area contributed by atoms with Crippen LogP contribution >= 0.6 is 23.4 Å². The lowest BCUT2D eigenvalue weighted by Crippen LogP contribution is -2.13. The number of benzene rings is 3. The van der Waals surface area contributed by atoms with Gasteiger partial charge in [-0.3, -0.25) is 4.79 Å². The number of esters is 1. The van der Waals surface area contributed by atoms with Gasteiger partial charge in [0.05, 0.1) is 22.6 Å². The van der Waals surface area contributed by atoms with Gasteiger partial charge in [0.2, 0.25) is 11.2 Å². The number of fused-ring (bicyclic) bond motifs is 1. The van der Waals surface area contributed by atoms with E-state index in [-0.39, 0.29) is 11.7 Å². The van der Waals surface area contributed by atoms with Crippen molar-refractivity contribution in [3.8, 4) is 22.4 Å². The maximum atomic E-state index is 12.2. The molecule has 1 N–H and O–H groups in total. The topological polar surface area (TPSA) is 40.4 Å². The lowest BCUT2D eigenvalue weighted by Gasteiger charge is -2.14. The first kappa shape index (κ1) is 20.5. The van der Waals surface area contributed by atoms with Gasteiger partial charge in [0.15, 0.2) is 0 Å². The number of halogens is 1. The number of nitrogens with one attached hydrogen (secondary N) is 1. The van der Waals surface area contributed by atoms with E-state index in [1.165, 1.54) is 11.8 Å². The van der Waals surface area contributed by atoms with E-state index in [9.17, 15) is 4.79 Å². The van der Waals surface area contributed by atoms with Crippen LogP contribution in [0.3, 0.4) is 0 Å². The lowest BCUT2D eigenvalue weighted by atomic mass is 9.98. The minimum Gasteiger partial charge on any atom is -0.465 e. The van der Waals surface area contributed by atoms with Gasteiger partial charge in [0.25, 0.3) is 0 Å². The standard InChI is InChI=1S/C25H20ClNO2S/c1-2-29-22(28)16-30-25-23(17-9-5-3-6-10-17)20-15-19(26)13-14-21(20)27-24(25)18-11-7-4-8-12-18/h3-15H,2,16H2,1H3/p+1. The summed E-state index contributed by atoms with van der Waals surface area (Å²) in [4.78, 5) is 16.7. The molecule has 0 atom stereocenters. The van der Waals surface area contributed by atoms with Crippen LogP contribution in [0.25, 0.3) is 33.3 Å². The van der Waals surface area contributed by atoms with Crippen LogP contribution in [-0.2, 0) is 9.53 Å². The Hall–Kier alpha value is -2.82. The Bertz CT molecular complexity index is 1180. The molecule has 30 heavy (non-hydrogen) atoms. The van der Waals surface area contributed by atoms with E-state index in [4.69, 9.17) is 16.3 Å². The Balaban J connectivity index is 2.00. The molecule has 3 aromatic carbocycles. The van der Waals surface area contributed by atoms with Crippen molar-refractivity contribution in [3.05, 3.63) is 83.9 Å². The smallest absolute Gasteiger partial charge is 0.316 e. The molecule has 0 amide bonds. The highest BCUT2D eigenvalue weighted by molar-refractivity contribution is 8.00. The Morgan fingerprint density at radius 1 is 0.967 bits per heavy atom. The first-order valence-electron chi connectivity index (χ1n) is 9.75. The zero-order chi connectivity index (χ0) is 20.9. The molecule has 0 radical (unpaired) electrons. The number of hydrogen-bond donors (Lipinski definition) is 0. The van der Waals surface area contributed by atoms with Crippen LogP contribution < -0.4 is 4.98 Å². The zero-order valence-electron chi connectivity index (χ0n) is 16.5. The van der Waals surface area contributed by atoms with Crippen molar-refractivity contribution in [1.29, 1.82) is 0 Å². The average molecular weight is 435 g/mol. The summed E-state index contributed by atoms with van der Waals surface area (Å²) in [5.74, 6) is -0.000311. The Morgan fingerprint density at radius 2 is 1.63 bits per heavy atom. The van der Waals surface area contributed by atoms with Crippen LogP contribution in [0.2, 0.25) is 5.02 Å². The highest BCUT2D eigenvalue weighted by atomic mass is 35.5. The van der Waals surface area contributed by atoms with Crippen LogP contribution in [-0.4, -0.2) is 18.3 Å². The van der Waals surface area contributed by atoms with E-state index >= 15 is 0 Å². The molecule has 3 nitrogen and oxygen atoms in total. The number of H-pyrrole nitrogens is 1. The van der Waals surface area contributed by atoms with Gasteiger partial charge in [-0.1, -0.05) is 60.1 Å². The summed E-state index contributed by atoms with van der Waals surface area (Å²) in [5, 5.41) is 1.68. The monoisotopic (exact) mass is 434 g/mol. The van der Waals surface area contributed by atoms with Crippen molar-refractivity contribution in [2.45, 2.75) is 11.8 Å². The van der Waals surface area contributed by atoms with Crippen molar-refractivity contribution in [2.24, 2.45) is 0 Å². The van der Waals surface area contributed by atoms with Gasteiger partial charge >= 0.3 is 5.97 Å². The average Bonchev–Trinajstić information content (AvgIpc) is 2.78. The Morgan fingerprint density at radius 3 is 2.30 bits per heavy atom. The molecule has 0 unspecified atom stereocenters. The zero-order valence-corrected chi connectivity index (χ0v) is 18.1. The summed E-state index contributed by atoms with van der Waals surface area (Å²) in [6.45, 7) is 2.19. The fourth-order valence-electron chi connectivity index (χ4n) is 3.45. The van der Waals surface area contributed by atoms with E-state index in [0.717, 1.165) is 38.2 Å². The van der Waals surface area contributed by atoms with Gasteiger partial charge in [0, 0.05) is 22.2 Å². The first-order valence-corrected chi connectivity index (χ1v) is 11.1. The van der Waals surface area contributed by atoms with E-state index in [1.807, 2.05) is 61.5 Å². The van der Waals surface area contributed by atoms with Gasteiger partial charge in [-0.25, -0.2) is 4.98 Å². The van der Waals surface area contributed by atoms with Crippen molar-refractivity contribution in [2.75, 3.05) is 12.4 Å². The molecule has 0 fully saturated rings. The van der Waals surface area contributed by atoms with Crippen molar-refractivity contribution < 1.29 is 14.5 Å². The van der Waals surface area contributed by atoms with Gasteiger partial charge in [-0.15, -0.1) is 11.8 Å². The molecule has 0 aliphatic heterocycles. The maximum Gasteiger partial charge on any atom is 0.316 e. The van der Waals surface area contributed by atoms with Crippen LogP contribution in [0.4, 0.5) is 0 Å². The fourth-order valence-corrected chi connectivity index (χ4v) is 4.65. The van der Waals surface area contributed by atoms with Gasteiger partial charge in [-0.05, 0) is 36.8 Å². The van der Waals surface area contributed by atoms with Crippen molar-refractivity contribution in [3.63, 3.8) is 0 Å². The largest absolute Gasteiger partial charge is 0.465 e. The molecule has 5 heteroatoms. The number of thioether (sulfide) groups is 1. The molecular formula is C25H21ClNO2S+. The third kappa shape index (κ3) is 4.35. The van der Waals surface area contributed by atoms with Crippen LogP contribution in [0.1, 0.15) is 6.92 Å². The second-order valence-electron chi connectivity index (χ2n) is 6.72. The number of carbonyl (C=O) groups is 1. The molecule has 150 valence electrons. The van der Waals surface area contributed by atoms with Gasteiger partial charge in [0.1, 0.15) is 0 Å². The minimum absolute atomic E-state index is 0.230. The second kappa shape index (κ2) is 9.33. The number of pyridine rings is 1. The van der Waals surface area contributed by atoms with E-state index in [1.54, 1.807) is 0 Å². The van der Waals surface area contributed by atoms with Crippen molar-refractivity contribution >= 4 is 40.2 Å². The SMILES string of the molecule is CCOC(=O)CSc1c(-c2ccccc2)[nH+]c2ccc(Cl)cc2c1-c1ccccc1. The molecular weight excluding hydrogens is 414 g/mol. The van der Waals surface area contributed by atoms with E-state index < -0.39 is 0 Å². The van der Waals surface area contributed by atoms with E-state index in [2.05, 4.69) is 29.2 Å². The molecule has 0 spiro atoms.